The first-order chi connectivity index (χ1) is 9.55. The molecule has 6 heteroatoms. The highest BCUT2D eigenvalue weighted by atomic mass is 32.2. The summed E-state index contributed by atoms with van der Waals surface area (Å²) in [5.41, 5.74) is 0. The summed E-state index contributed by atoms with van der Waals surface area (Å²) in [5.74, 6) is 0. The van der Waals surface area contributed by atoms with Crippen LogP contribution in [0, 0.1) is 0 Å². The van der Waals surface area contributed by atoms with Gasteiger partial charge in [-0.3, -0.25) is 0 Å². The van der Waals surface area contributed by atoms with Crippen LogP contribution in [-0.4, -0.2) is 32.9 Å². The summed E-state index contributed by atoms with van der Waals surface area (Å²) in [5, 5.41) is 3.91. The predicted octanol–water partition coefficient (Wildman–Crippen LogP) is 2.40. The summed E-state index contributed by atoms with van der Waals surface area (Å²) in [6.07, 6.45) is 1.94. The van der Waals surface area contributed by atoms with E-state index in [4.69, 9.17) is 0 Å². The summed E-state index contributed by atoms with van der Waals surface area (Å²) < 4.78 is 28.3. The van der Waals surface area contributed by atoms with Crippen molar-refractivity contribution in [2.75, 3.05) is 14.1 Å². The van der Waals surface area contributed by atoms with E-state index in [-0.39, 0.29) is 6.04 Å². The molecule has 0 radical (unpaired) electrons. The van der Waals surface area contributed by atoms with Crippen LogP contribution in [-0.2, 0) is 16.6 Å². The van der Waals surface area contributed by atoms with Crippen molar-refractivity contribution < 1.29 is 8.42 Å². The number of hydrogen-bond acceptors (Lipinski definition) is 4. The molecular weight excluding hydrogens is 292 g/mol. The Kier molecular flexibility index (Phi) is 3.58. The minimum Gasteiger partial charge on any atom is -0.315 e. The SMILES string of the molecule is CNCc1sc2ccccc2c1S(=O)(=O)N(C)C1CC1. The second-order valence-corrected chi connectivity index (χ2v) is 8.20. The van der Waals surface area contributed by atoms with Crippen LogP contribution in [0.5, 0.6) is 0 Å². The van der Waals surface area contributed by atoms with Gasteiger partial charge in [-0.05, 0) is 26.0 Å². The van der Waals surface area contributed by atoms with E-state index in [9.17, 15) is 8.42 Å². The van der Waals surface area contributed by atoms with Crippen LogP contribution in [0.1, 0.15) is 17.7 Å². The number of thiophene rings is 1. The van der Waals surface area contributed by atoms with Gasteiger partial charge in [-0.2, -0.15) is 4.31 Å². The van der Waals surface area contributed by atoms with E-state index in [1.807, 2.05) is 31.3 Å². The van der Waals surface area contributed by atoms with Crippen molar-refractivity contribution in [1.29, 1.82) is 0 Å². The van der Waals surface area contributed by atoms with Crippen molar-refractivity contribution in [3.8, 4) is 0 Å². The zero-order chi connectivity index (χ0) is 14.3. The van der Waals surface area contributed by atoms with Gasteiger partial charge in [0.1, 0.15) is 4.90 Å². The van der Waals surface area contributed by atoms with Gasteiger partial charge < -0.3 is 5.32 Å². The quantitative estimate of drug-likeness (QED) is 0.922. The molecule has 0 aliphatic heterocycles. The standard InChI is InChI=1S/C14H18N2O2S2/c1-15-9-13-14(11-5-3-4-6-12(11)19-13)20(17,18)16(2)10-7-8-10/h3-6,10,15H,7-9H2,1-2H3. The highest BCUT2D eigenvalue weighted by Crippen LogP contribution is 2.38. The molecule has 108 valence electrons. The molecule has 1 fully saturated rings. The number of nitrogens with one attached hydrogen (secondary N) is 1. The van der Waals surface area contributed by atoms with Gasteiger partial charge >= 0.3 is 0 Å². The molecule has 0 amide bonds. The van der Waals surface area contributed by atoms with Crippen LogP contribution in [0.4, 0.5) is 0 Å². The Morgan fingerprint density at radius 1 is 1.35 bits per heavy atom. The van der Waals surface area contributed by atoms with Crippen molar-refractivity contribution >= 4 is 31.4 Å². The molecule has 0 saturated heterocycles. The molecule has 0 spiro atoms. The third-order valence-corrected chi connectivity index (χ3v) is 6.99. The maximum absolute atomic E-state index is 12.9. The van der Waals surface area contributed by atoms with Crippen LogP contribution >= 0.6 is 11.3 Å². The zero-order valence-corrected chi connectivity index (χ0v) is 13.2. The van der Waals surface area contributed by atoms with Crippen LogP contribution in [0.25, 0.3) is 10.1 Å². The highest BCUT2D eigenvalue weighted by Gasteiger charge is 2.37. The average molecular weight is 310 g/mol. The first kappa shape index (κ1) is 14.0. The number of fused-ring (bicyclic) bond motifs is 1. The van der Waals surface area contributed by atoms with E-state index in [2.05, 4.69) is 5.32 Å². The van der Waals surface area contributed by atoms with E-state index in [1.165, 1.54) is 0 Å². The Balaban J connectivity index is 2.19. The van der Waals surface area contributed by atoms with E-state index in [1.54, 1.807) is 22.7 Å². The van der Waals surface area contributed by atoms with E-state index >= 15 is 0 Å². The molecule has 1 aliphatic rings. The first-order valence-corrected chi connectivity index (χ1v) is 8.94. The van der Waals surface area contributed by atoms with Gasteiger partial charge in [-0.25, -0.2) is 8.42 Å². The van der Waals surface area contributed by atoms with Crippen LogP contribution in [0.15, 0.2) is 29.2 Å². The molecule has 4 nitrogen and oxygen atoms in total. The molecule has 0 bridgehead atoms. The van der Waals surface area contributed by atoms with Crippen molar-refractivity contribution in [2.45, 2.75) is 30.3 Å². The Hall–Kier alpha value is -0.950. The number of sulfonamides is 1. The highest BCUT2D eigenvalue weighted by molar-refractivity contribution is 7.89. The monoisotopic (exact) mass is 310 g/mol. The fraction of sp³-hybridized carbons (Fsp3) is 0.429. The molecule has 3 rings (SSSR count). The Morgan fingerprint density at radius 2 is 2.05 bits per heavy atom. The Morgan fingerprint density at radius 3 is 2.70 bits per heavy atom. The van der Waals surface area contributed by atoms with Crippen molar-refractivity contribution in [2.24, 2.45) is 0 Å². The fourth-order valence-corrected chi connectivity index (χ4v) is 5.73. The minimum absolute atomic E-state index is 0.182. The van der Waals surface area contributed by atoms with Crippen molar-refractivity contribution in [3.63, 3.8) is 0 Å². The molecule has 1 N–H and O–H groups in total. The van der Waals surface area contributed by atoms with Gasteiger partial charge in [-0.1, -0.05) is 18.2 Å². The lowest BCUT2D eigenvalue weighted by molar-refractivity contribution is 0.464. The minimum atomic E-state index is -3.41. The van der Waals surface area contributed by atoms with E-state index in [0.29, 0.717) is 11.4 Å². The topological polar surface area (TPSA) is 49.4 Å². The first-order valence-electron chi connectivity index (χ1n) is 6.68. The van der Waals surface area contributed by atoms with E-state index < -0.39 is 10.0 Å². The molecule has 0 atom stereocenters. The molecule has 1 aromatic heterocycles. The second kappa shape index (κ2) is 5.11. The summed E-state index contributed by atoms with van der Waals surface area (Å²) in [7, 11) is 0.128. The molecule has 1 aromatic carbocycles. The number of nitrogens with zero attached hydrogens (tertiary/aromatic N) is 1. The van der Waals surface area contributed by atoms with E-state index in [0.717, 1.165) is 27.8 Å². The zero-order valence-electron chi connectivity index (χ0n) is 11.6. The van der Waals surface area contributed by atoms with Crippen molar-refractivity contribution in [1.82, 2.24) is 9.62 Å². The van der Waals surface area contributed by atoms with Gasteiger partial charge in [0.15, 0.2) is 0 Å². The van der Waals surface area contributed by atoms with Gasteiger partial charge in [-0.15, -0.1) is 11.3 Å². The van der Waals surface area contributed by atoms with Gasteiger partial charge in [0, 0.05) is 34.6 Å². The fourth-order valence-electron chi connectivity index (χ4n) is 2.41. The molecular formula is C14H18N2O2S2. The summed E-state index contributed by atoms with van der Waals surface area (Å²) >= 11 is 1.56. The van der Waals surface area contributed by atoms with Crippen LogP contribution < -0.4 is 5.32 Å². The smallest absolute Gasteiger partial charge is 0.244 e. The average Bonchev–Trinajstić information content (AvgIpc) is 3.19. The normalized spacial score (nSPS) is 16.1. The number of benzene rings is 1. The maximum Gasteiger partial charge on any atom is 0.244 e. The lowest BCUT2D eigenvalue weighted by atomic mass is 10.2. The third kappa shape index (κ3) is 2.26. The van der Waals surface area contributed by atoms with Gasteiger partial charge in [0.2, 0.25) is 10.0 Å². The maximum atomic E-state index is 12.9. The second-order valence-electron chi connectivity index (χ2n) is 5.13. The van der Waals surface area contributed by atoms with Gasteiger partial charge in [0.25, 0.3) is 0 Å². The van der Waals surface area contributed by atoms with Gasteiger partial charge in [0.05, 0.1) is 0 Å². The number of rotatable bonds is 5. The van der Waals surface area contributed by atoms with Crippen LogP contribution in [0.3, 0.4) is 0 Å². The lowest BCUT2D eigenvalue weighted by Crippen LogP contribution is -2.29. The van der Waals surface area contributed by atoms with Crippen LogP contribution in [0.2, 0.25) is 0 Å². The number of hydrogen-bond donors (Lipinski definition) is 1. The largest absolute Gasteiger partial charge is 0.315 e. The van der Waals surface area contributed by atoms with Crippen molar-refractivity contribution in [3.05, 3.63) is 29.1 Å². The molecule has 1 heterocycles. The Bertz CT molecular complexity index is 733. The Labute approximate surface area is 123 Å². The summed E-state index contributed by atoms with van der Waals surface area (Å²) in [6.45, 7) is 0.576. The summed E-state index contributed by atoms with van der Waals surface area (Å²) in [4.78, 5) is 1.38. The summed E-state index contributed by atoms with van der Waals surface area (Å²) in [6, 6.07) is 7.91. The molecule has 0 unspecified atom stereocenters. The molecule has 1 aliphatic carbocycles. The molecule has 20 heavy (non-hydrogen) atoms. The lowest BCUT2D eigenvalue weighted by Gasteiger charge is -2.17. The third-order valence-electron chi connectivity index (χ3n) is 3.65. The molecule has 1 saturated carbocycles. The predicted molar refractivity (Wildman–Crippen MR) is 82.6 cm³/mol. The molecule has 2 aromatic rings.